The number of β-amino-alcohol motifs (C(OH)–C–C–N with tert-alkyl or cyclic N) is 1. The molecule has 2 atom stereocenters. The number of carbonyl (C=O) groups is 1. The van der Waals surface area contributed by atoms with Crippen LogP contribution in [0.3, 0.4) is 0 Å². The highest BCUT2D eigenvalue weighted by molar-refractivity contribution is 5.82. The van der Waals surface area contributed by atoms with Crippen LogP contribution in [-0.4, -0.2) is 46.8 Å². The Morgan fingerprint density at radius 1 is 1.38 bits per heavy atom. The molecule has 0 radical (unpaired) electrons. The quantitative estimate of drug-likeness (QED) is 0.878. The van der Waals surface area contributed by atoms with Gasteiger partial charge in [-0.1, -0.05) is 30.3 Å². The van der Waals surface area contributed by atoms with Gasteiger partial charge in [0.1, 0.15) is 0 Å². The van der Waals surface area contributed by atoms with Gasteiger partial charge in [0.25, 0.3) is 0 Å². The first-order chi connectivity index (χ1) is 9.73. The summed E-state index contributed by atoms with van der Waals surface area (Å²) in [6.07, 6.45) is -5.01. The maximum atomic E-state index is 12.7. The lowest BCUT2D eigenvalue weighted by Crippen LogP contribution is -2.50. The Kier molecular flexibility index (Phi) is 4.25. The van der Waals surface area contributed by atoms with Gasteiger partial charge in [0, 0.05) is 13.0 Å². The average Bonchev–Trinajstić information content (AvgIpc) is 2.82. The molecule has 116 valence electrons. The summed E-state index contributed by atoms with van der Waals surface area (Å²) in [5, 5.41) is 9.56. The van der Waals surface area contributed by atoms with E-state index in [2.05, 4.69) is 0 Å². The van der Waals surface area contributed by atoms with E-state index in [1.54, 1.807) is 24.3 Å². The highest BCUT2D eigenvalue weighted by atomic mass is 19.4. The fourth-order valence-corrected chi connectivity index (χ4v) is 2.40. The number of carbonyl (C=O) groups excluding carboxylic acids is 1. The number of hydrogen-bond acceptors (Lipinski definition) is 3. The summed E-state index contributed by atoms with van der Waals surface area (Å²) in [6.45, 7) is -0.894. The second-order valence-corrected chi connectivity index (χ2v) is 5.34. The summed E-state index contributed by atoms with van der Waals surface area (Å²) in [7, 11) is 0. The Morgan fingerprint density at radius 2 is 2.00 bits per heavy atom. The van der Waals surface area contributed by atoms with Gasteiger partial charge in [-0.05, 0) is 12.0 Å². The molecule has 21 heavy (non-hydrogen) atoms. The summed E-state index contributed by atoms with van der Waals surface area (Å²) in [4.78, 5) is 13.1. The maximum Gasteiger partial charge on any atom is 0.419 e. The molecule has 1 heterocycles. The molecular formula is C14H17F3N2O2. The van der Waals surface area contributed by atoms with E-state index in [1.807, 2.05) is 6.07 Å². The number of aliphatic hydroxyl groups is 1. The smallest absolute Gasteiger partial charge is 0.379 e. The van der Waals surface area contributed by atoms with Gasteiger partial charge in [-0.15, -0.1) is 0 Å². The molecule has 0 spiro atoms. The molecule has 1 saturated heterocycles. The highest BCUT2D eigenvalue weighted by Gasteiger charge is 2.57. The number of benzene rings is 1. The van der Waals surface area contributed by atoms with Crippen molar-refractivity contribution in [2.45, 2.75) is 30.7 Å². The molecule has 0 aliphatic carbocycles. The molecule has 1 amide bonds. The number of hydrogen-bond donors (Lipinski definition) is 2. The van der Waals surface area contributed by atoms with Crippen LogP contribution in [0.15, 0.2) is 30.3 Å². The van der Waals surface area contributed by atoms with Crippen LogP contribution in [0.5, 0.6) is 0 Å². The minimum Gasteiger partial charge on any atom is -0.379 e. The Labute approximate surface area is 120 Å². The lowest BCUT2D eigenvalue weighted by Gasteiger charge is -2.26. The molecule has 4 nitrogen and oxygen atoms in total. The molecule has 1 aliphatic heterocycles. The molecule has 0 aromatic heterocycles. The number of nitrogens with two attached hydrogens (primary N) is 1. The molecule has 7 heteroatoms. The van der Waals surface area contributed by atoms with E-state index < -0.39 is 36.7 Å². The zero-order valence-corrected chi connectivity index (χ0v) is 11.3. The van der Waals surface area contributed by atoms with Crippen molar-refractivity contribution >= 4 is 5.91 Å². The van der Waals surface area contributed by atoms with Crippen LogP contribution in [0.2, 0.25) is 0 Å². The zero-order chi connectivity index (χ0) is 15.7. The van der Waals surface area contributed by atoms with Gasteiger partial charge in [-0.25, -0.2) is 0 Å². The van der Waals surface area contributed by atoms with Gasteiger partial charge in [-0.2, -0.15) is 13.2 Å². The first kappa shape index (κ1) is 15.8. The number of rotatable bonds is 3. The van der Waals surface area contributed by atoms with Gasteiger partial charge in [0.05, 0.1) is 12.6 Å². The van der Waals surface area contributed by atoms with Crippen molar-refractivity contribution < 1.29 is 23.1 Å². The van der Waals surface area contributed by atoms with E-state index in [0.29, 0.717) is 0 Å². The molecule has 0 saturated carbocycles. The van der Waals surface area contributed by atoms with E-state index in [-0.39, 0.29) is 13.0 Å². The number of amides is 1. The SMILES string of the molecule is NC(Cc1ccccc1)C(=O)N1CCC(O)(C(F)(F)F)C1. The van der Waals surface area contributed by atoms with Gasteiger partial charge in [0.2, 0.25) is 5.91 Å². The molecule has 1 aliphatic rings. The Bertz CT molecular complexity index is 507. The third-order valence-electron chi connectivity index (χ3n) is 3.70. The largest absolute Gasteiger partial charge is 0.419 e. The Morgan fingerprint density at radius 3 is 2.52 bits per heavy atom. The van der Waals surface area contributed by atoms with Crippen molar-refractivity contribution in [2.75, 3.05) is 13.1 Å². The molecular weight excluding hydrogens is 285 g/mol. The van der Waals surface area contributed by atoms with Crippen molar-refractivity contribution in [3.63, 3.8) is 0 Å². The van der Waals surface area contributed by atoms with Gasteiger partial charge in [0.15, 0.2) is 5.60 Å². The van der Waals surface area contributed by atoms with Crippen molar-refractivity contribution in [2.24, 2.45) is 5.73 Å². The monoisotopic (exact) mass is 302 g/mol. The summed E-state index contributed by atoms with van der Waals surface area (Å²) in [5.74, 6) is -0.570. The third-order valence-corrected chi connectivity index (χ3v) is 3.70. The van der Waals surface area contributed by atoms with E-state index in [9.17, 15) is 23.1 Å². The second-order valence-electron chi connectivity index (χ2n) is 5.34. The van der Waals surface area contributed by atoms with Crippen LogP contribution in [0.1, 0.15) is 12.0 Å². The van der Waals surface area contributed by atoms with Crippen molar-refractivity contribution in [1.82, 2.24) is 4.90 Å². The van der Waals surface area contributed by atoms with E-state index in [0.717, 1.165) is 10.5 Å². The molecule has 0 bridgehead atoms. The third kappa shape index (κ3) is 3.36. The van der Waals surface area contributed by atoms with Crippen molar-refractivity contribution in [3.05, 3.63) is 35.9 Å². The molecule has 3 N–H and O–H groups in total. The van der Waals surface area contributed by atoms with Crippen molar-refractivity contribution in [1.29, 1.82) is 0 Å². The average molecular weight is 302 g/mol. The highest BCUT2D eigenvalue weighted by Crippen LogP contribution is 2.37. The summed E-state index contributed by atoms with van der Waals surface area (Å²) >= 11 is 0. The van der Waals surface area contributed by atoms with Crippen LogP contribution in [0.25, 0.3) is 0 Å². The first-order valence-electron chi connectivity index (χ1n) is 6.60. The molecule has 2 unspecified atom stereocenters. The topological polar surface area (TPSA) is 66.6 Å². The maximum absolute atomic E-state index is 12.7. The van der Waals surface area contributed by atoms with Crippen LogP contribution in [0.4, 0.5) is 13.2 Å². The van der Waals surface area contributed by atoms with Gasteiger partial charge < -0.3 is 15.7 Å². The van der Waals surface area contributed by atoms with E-state index in [4.69, 9.17) is 5.73 Å². The molecule has 1 aromatic carbocycles. The van der Waals surface area contributed by atoms with Gasteiger partial charge in [-0.3, -0.25) is 4.79 Å². The van der Waals surface area contributed by atoms with E-state index in [1.165, 1.54) is 0 Å². The van der Waals surface area contributed by atoms with Crippen LogP contribution in [0, 0.1) is 0 Å². The first-order valence-corrected chi connectivity index (χ1v) is 6.60. The Hall–Kier alpha value is -1.60. The van der Waals surface area contributed by atoms with Gasteiger partial charge >= 0.3 is 6.18 Å². The lowest BCUT2D eigenvalue weighted by molar-refractivity contribution is -0.253. The number of likely N-dealkylation sites (tertiary alicyclic amines) is 1. The summed E-state index contributed by atoms with van der Waals surface area (Å²) in [5.41, 5.74) is 3.79. The fraction of sp³-hybridized carbons (Fsp3) is 0.500. The number of nitrogens with zero attached hydrogens (tertiary/aromatic N) is 1. The zero-order valence-electron chi connectivity index (χ0n) is 11.3. The van der Waals surface area contributed by atoms with E-state index >= 15 is 0 Å². The second kappa shape index (κ2) is 5.65. The summed E-state index contributed by atoms with van der Waals surface area (Å²) < 4.78 is 38.1. The minimum atomic E-state index is -4.74. The molecule has 1 fully saturated rings. The molecule has 2 rings (SSSR count). The predicted molar refractivity (Wildman–Crippen MR) is 70.3 cm³/mol. The lowest BCUT2D eigenvalue weighted by atomic mass is 10.0. The van der Waals surface area contributed by atoms with Crippen LogP contribution in [-0.2, 0) is 11.2 Å². The summed E-state index contributed by atoms with van der Waals surface area (Å²) in [6, 6.07) is 8.09. The van der Waals surface area contributed by atoms with Crippen LogP contribution >= 0.6 is 0 Å². The normalized spacial score (nSPS) is 24.1. The molecule has 1 aromatic rings. The van der Waals surface area contributed by atoms with Crippen molar-refractivity contribution in [3.8, 4) is 0 Å². The fourth-order valence-electron chi connectivity index (χ4n) is 2.40. The number of halogens is 3. The standard InChI is InChI=1S/C14H17F3N2O2/c15-14(16,17)13(21)6-7-19(9-13)12(20)11(18)8-10-4-2-1-3-5-10/h1-5,11,21H,6-9,18H2. The predicted octanol–water partition coefficient (Wildman–Crippen LogP) is 1.08. The number of alkyl halides is 3. The van der Waals surface area contributed by atoms with Crippen LogP contribution < -0.4 is 5.73 Å². The Balaban J connectivity index is 1.98. The minimum absolute atomic E-state index is 0.142.